The SMILES string of the molecule is CC(CNC(=O)CCCc1ccc2c(c1)OCCO2)c1ccccc1. The van der Waals surface area contributed by atoms with Gasteiger partial charge in [-0.2, -0.15) is 0 Å². The van der Waals surface area contributed by atoms with Crippen molar-refractivity contribution in [3.63, 3.8) is 0 Å². The Balaban J connectivity index is 1.39. The molecular weight excluding hydrogens is 314 g/mol. The summed E-state index contributed by atoms with van der Waals surface area (Å²) >= 11 is 0. The summed E-state index contributed by atoms with van der Waals surface area (Å²) in [7, 11) is 0. The van der Waals surface area contributed by atoms with Crippen molar-refractivity contribution in [3.05, 3.63) is 59.7 Å². The average Bonchev–Trinajstić information content (AvgIpc) is 2.66. The Hall–Kier alpha value is -2.49. The number of ether oxygens (including phenoxy) is 2. The van der Waals surface area contributed by atoms with E-state index in [0.29, 0.717) is 32.1 Å². The van der Waals surface area contributed by atoms with Crippen molar-refractivity contribution in [3.8, 4) is 11.5 Å². The van der Waals surface area contributed by atoms with Gasteiger partial charge in [0.05, 0.1) is 0 Å². The van der Waals surface area contributed by atoms with E-state index in [0.717, 1.165) is 24.3 Å². The normalized spacial score (nSPS) is 14.0. The van der Waals surface area contributed by atoms with Gasteiger partial charge in [-0.3, -0.25) is 4.79 Å². The van der Waals surface area contributed by atoms with E-state index in [1.54, 1.807) is 0 Å². The van der Waals surface area contributed by atoms with E-state index in [-0.39, 0.29) is 5.91 Å². The monoisotopic (exact) mass is 339 g/mol. The fourth-order valence-electron chi connectivity index (χ4n) is 2.95. The third kappa shape index (κ3) is 4.99. The van der Waals surface area contributed by atoms with Gasteiger partial charge in [-0.05, 0) is 42.0 Å². The molecule has 1 amide bonds. The predicted molar refractivity (Wildman–Crippen MR) is 98.2 cm³/mol. The lowest BCUT2D eigenvalue weighted by atomic mass is 10.0. The number of aryl methyl sites for hydroxylation is 1. The minimum absolute atomic E-state index is 0.111. The number of carbonyl (C=O) groups is 1. The number of fused-ring (bicyclic) bond motifs is 1. The van der Waals surface area contributed by atoms with Gasteiger partial charge in [0.15, 0.2) is 11.5 Å². The summed E-state index contributed by atoms with van der Waals surface area (Å²) < 4.78 is 11.1. The Kier molecular flexibility index (Phi) is 5.94. The zero-order valence-electron chi connectivity index (χ0n) is 14.7. The van der Waals surface area contributed by atoms with E-state index in [1.807, 2.05) is 36.4 Å². The number of nitrogens with one attached hydrogen (secondary N) is 1. The first kappa shape index (κ1) is 17.3. The maximum Gasteiger partial charge on any atom is 0.220 e. The predicted octanol–water partition coefficient (Wildman–Crippen LogP) is 3.70. The number of amides is 1. The number of carbonyl (C=O) groups excluding carboxylic acids is 1. The Morgan fingerprint density at radius 1 is 1.08 bits per heavy atom. The summed E-state index contributed by atoms with van der Waals surface area (Å²) in [6, 6.07) is 16.3. The van der Waals surface area contributed by atoms with Gasteiger partial charge >= 0.3 is 0 Å². The molecule has 1 heterocycles. The smallest absolute Gasteiger partial charge is 0.220 e. The highest BCUT2D eigenvalue weighted by Crippen LogP contribution is 2.31. The maximum absolute atomic E-state index is 12.0. The van der Waals surface area contributed by atoms with Crippen molar-refractivity contribution >= 4 is 5.91 Å². The van der Waals surface area contributed by atoms with E-state index < -0.39 is 0 Å². The molecule has 1 aliphatic rings. The Labute approximate surface area is 149 Å². The molecule has 0 radical (unpaired) electrons. The van der Waals surface area contributed by atoms with Crippen LogP contribution in [0, 0.1) is 0 Å². The molecule has 0 aromatic heterocycles. The Morgan fingerprint density at radius 2 is 1.84 bits per heavy atom. The van der Waals surface area contributed by atoms with Crippen LogP contribution in [0.5, 0.6) is 11.5 Å². The van der Waals surface area contributed by atoms with Crippen LogP contribution in [-0.4, -0.2) is 25.7 Å². The quantitative estimate of drug-likeness (QED) is 0.837. The minimum atomic E-state index is 0.111. The largest absolute Gasteiger partial charge is 0.486 e. The molecule has 0 bridgehead atoms. The van der Waals surface area contributed by atoms with Gasteiger partial charge in [-0.1, -0.05) is 43.3 Å². The zero-order valence-corrected chi connectivity index (χ0v) is 14.7. The molecular formula is C21H25NO3. The first-order valence-corrected chi connectivity index (χ1v) is 8.92. The first-order valence-electron chi connectivity index (χ1n) is 8.92. The molecule has 0 saturated carbocycles. The van der Waals surface area contributed by atoms with Crippen LogP contribution in [0.3, 0.4) is 0 Å². The van der Waals surface area contributed by atoms with Crippen LogP contribution >= 0.6 is 0 Å². The molecule has 2 aromatic rings. The van der Waals surface area contributed by atoms with Crippen LogP contribution in [0.4, 0.5) is 0 Å². The van der Waals surface area contributed by atoms with Crippen LogP contribution in [-0.2, 0) is 11.2 Å². The lowest BCUT2D eigenvalue weighted by molar-refractivity contribution is -0.121. The van der Waals surface area contributed by atoms with Gasteiger partial charge in [-0.15, -0.1) is 0 Å². The summed E-state index contributed by atoms with van der Waals surface area (Å²) in [5.74, 6) is 2.05. The highest BCUT2D eigenvalue weighted by molar-refractivity contribution is 5.75. The van der Waals surface area contributed by atoms with Crippen molar-refractivity contribution in [2.45, 2.75) is 32.1 Å². The highest BCUT2D eigenvalue weighted by Gasteiger charge is 2.12. The highest BCUT2D eigenvalue weighted by atomic mass is 16.6. The molecule has 2 aromatic carbocycles. The molecule has 0 aliphatic carbocycles. The molecule has 3 rings (SSSR count). The summed E-state index contributed by atoms with van der Waals surface area (Å²) in [5, 5.41) is 3.03. The molecule has 0 fully saturated rings. The average molecular weight is 339 g/mol. The van der Waals surface area contributed by atoms with Crippen LogP contribution in [0.25, 0.3) is 0 Å². The standard InChI is InChI=1S/C21H25NO3/c1-16(18-7-3-2-4-8-18)15-22-21(23)9-5-6-17-10-11-19-20(14-17)25-13-12-24-19/h2-4,7-8,10-11,14,16H,5-6,9,12-13,15H2,1H3,(H,22,23). The first-order chi connectivity index (χ1) is 12.2. The second-order valence-corrected chi connectivity index (χ2v) is 6.45. The molecule has 4 nitrogen and oxygen atoms in total. The molecule has 0 saturated heterocycles. The molecule has 1 N–H and O–H groups in total. The van der Waals surface area contributed by atoms with Crippen LogP contribution in [0.1, 0.15) is 36.8 Å². The van der Waals surface area contributed by atoms with E-state index >= 15 is 0 Å². The minimum Gasteiger partial charge on any atom is -0.486 e. The van der Waals surface area contributed by atoms with Gasteiger partial charge in [-0.25, -0.2) is 0 Å². The summed E-state index contributed by atoms with van der Waals surface area (Å²) in [4.78, 5) is 12.0. The Bertz CT molecular complexity index is 700. The van der Waals surface area contributed by atoms with Crippen molar-refractivity contribution in [1.82, 2.24) is 5.32 Å². The molecule has 1 unspecified atom stereocenters. The number of hydrogen-bond donors (Lipinski definition) is 1. The molecule has 132 valence electrons. The third-order valence-corrected chi connectivity index (χ3v) is 4.45. The summed E-state index contributed by atoms with van der Waals surface area (Å²) in [5.41, 5.74) is 2.42. The Morgan fingerprint density at radius 3 is 2.64 bits per heavy atom. The van der Waals surface area contributed by atoms with Crippen LogP contribution in [0.2, 0.25) is 0 Å². The maximum atomic E-state index is 12.0. The van der Waals surface area contributed by atoms with Crippen LogP contribution in [0.15, 0.2) is 48.5 Å². The van der Waals surface area contributed by atoms with Gasteiger partial charge < -0.3 is 14.8 Å². The third-order valence-electron chi connectivity index (χ3n) is 4.45. The van der Waals surface area contributed by atoms with E-state index in [2.05, 4.69) is 24.4 Å². The van der Waals surface area contributed by atoms with Gasteiger partial charge in [0, 0.05) is 13.0 Å². The second kappa shape index (κ2) is 8.56. The zero-order chi connectivity index (χ0) is 17.5. The van der Waals surface area contributed by atoms with Gasteiger partial charge in [0.25, 0.3) is 0 Å². The summed E-state index contributed by atoms with van der Waals surface area (Å²) in [6.07, 6.45) is 2.22. The number of benzene rings is 2. The van der Waals surface area contributed by atoms with Crippen molar-refractivity contribution in [2.24, 2.45) is 0 Å². The van der Waals surface area contributed by atoms with E-state index in [1.165, 1.54) is 11.1 Å². The van der Waals surface area contributed by atoms with Crippen molar-refractivity contribution < 1.29 is 14.3 Å². The molecule has 0 spiro atoms. The van der Waals surface area contributed by atoms with Crippen molar-refractivity contribution in [1.29, 1.82) is 0 Å². The van der Waals surface area contributed by atoms with Gasteiger partial charge in [0.1, 0.15) is 13.2 Å². The molecule has 4 heteroatoms. The second-order valence-electron chi connectivity index (χ2n) is 6.45. The molecule has 25 heavy (non-hydrogen) atoms. The fraction of sp³-hybridized carbons (Fsp3) is 0.381. The van der Waals surface area contributed by atoms with Gasteiger partial charge in [0.2, 0.25) is 5.91 Å². The van der Waals surface area contributed by atoms with E-state index in [4.69, 9.17) is 9.47 Å². The topological polar surface area (TPSA) is 47.6 Å². The lowest BCUT2D eigenvalue weighted by Crippen LogP contribution is -2.27. The summed E-state index contributed by atoms with van der Waals surface area (Å²) in [6.45, 7) is 4.00. The lowest BCUT2D eigenvalue weighted by Gasteiger charge is -2.18. The molecule has 1 aliphatic heterocycles. The number of hydrogen-bond acceptors (Lipinski definition) is 3. The number of rotatable bonds is 7. The van der Waals surface area contributed by atoms with Crippen LogP contribution < -0.4 is 14.8 Å². The molecule has 1 atom stereocenters. The van der Waals surface area contributed by atoms with Crippen molar-refractivity contribution in [2.75, 3.05) is 19.8 Å². The fourth-order valence-corrected chi connectivity index (χ4v) is 2.95. The van der Waals surface area contributed by atoms with E-state index in [9.17, 15) is 4.79 Å².